The molecule has 12 heteroatoms. The number of nitrogens with zero attached hydrogens (tertiary/aromatic N) is 1. The van der Waals surface area contributed by atoms with Gasteiger partial charge in [0.2, 0.25) is 11.8 Å². The van der Waals surface area contributed by atoms with Gasteiger partial charge in [-0.1, -0.05) is 48.0 Å². The third-order valence-corrected chi connectivity index (χ3v) is 6.13. The topological polar surface area (TPSA) is 145 Å². The number of aryl methyl sites for hydroxylation is 1. The molecule has 2 aromatic rings. The van der Waals surface area contributed by atoms with Crippen molar-refractivity contribution < 1.29 is 27.6 Å². The molecule has 0 aliphatic heterocycles. The van der Waals surface area contributed by atoms with E-state index < -0.39 is 47.8 Å². The molecule has 38 heavy (non-hydrogen) atoms. The van der Waals surface area contributed by atoms with Crippen LogP contribution in [0.5, 0.6) is 0 Å². The first-order chi connectivity index (χ1) is 18.0. The predicted molar refractivity (Wildman–Crippen MR) is 139 cm³/mol. The van der Waals surface area contributed by atoms with E-state index in [-0.39, 0.29) is 49.6 Å². The number of Topliss-reactive ketones (excluding diaryl/α,β-unsaturated/α-hetero) is 1. The molecule has 2 aromatic carbocycles. The summed E-state index contributed by atoms with van der Waals surface area (Å²) in [7, 11) is 0. The van der Waals surface area contributed by atoms with E-state index in [1.165, 1.54) is 11.0 Å². The van der Waals surface area contributed by atoms with Gasteiger partial charge >= 0.3 is 6.18 Å². The third-order valence-electron chi connectivity index (χ3n) is 5.89. The lowest BCUT2D eigenvalue weighted by Crippen LogP contribution is -2.51. The van der Waals surface area contributed by atoms with E-state index >= 15 is 0 Å². The highest BCUT2D eigenvalue weighted by Gasteiger charge is 2.35. The molecule has 0 saturated carbocycles. The summed E-state index contributed by atoms with van der Waals surface area (Å²) < 4.78 is 40.7. The summed E-state index contributed by atoms with van der Waals surface area (Å²) in [6.45, 7) is 0.887. The van der Waals surface area contributed by atoms with Crippen LogP contribution in [0.2, 0.25) is 5.02 Å². The number of ketones is 1. The molecule has 0 heterocycles. The van der Waals surface area contributed by atoms with E-state index in [9.17, 15) is 27.6 Å². The van der Waals surface area contributed by atoms with Crippen LogP contribution in [0.4, 0.5) is 13.2 Å². The minimum absolute atomic E-state index is 0.114. The standard InChI is InChI=1S/C26H33ClF3N5O3/c27-19-8-7-18(20(15-19)26(28,29)30)14-23(36)22(9-6-17-4-2-1-3-5-17)34-25(38)21(33)16-24(37)35(12-10-31)13-11-32/h1-5,7-8,15,21-22H,6,9-14,16,31-33H2,(H,34,38)/t21-,22-/m0/s1. The summed E-state index contributed by atoms with van der Waals surface area (Å²) in [6, 6.07) is 9.86. The van der Waals surface area contributed by atoms with Crippen LogP contribution in [0, 0.1) is 0 Å². The Bertz CT molecular complexity index is 1080. The summed E-state index contributed by atoms with van der Waals surface area (Å²) in [6.07, 6.45) is -5.15. The normalized spacial score (nSPS) is 13.0. The molecule has 0 bridgehead atoms. The van der Waals surface area contributed by atoms with E-state index in [1.807, 2.05) is 30.3 Å². The first kappa shape index (κ1) is 31.2. The largest absolute Gasteiger partial charge is 0.416 e. The molecular formula is C26H33ClF3N5O3. The molecule has 2 rings (SSSR count). The minimum Gasteiger partial charge on any atom is -0.345 e. The van der Waals surface area contributed by atoms with Crippen LogP contribution >= 0.6 is 11.6 Å². The zero-order valence-corrected chi connectivity index (χ0v) is 21.6. The lowest BCUT2D eigenvalue weighted by Gasteiger charge is -2.24. The fraction of sp³-hybridized carbons (Fsp3) is 0.423. The van der Waals surface area contributed by atoms with Crippen molar-refractivity contribution in [3.63, 3.8) is 0 Å². The van der Waals surface area contributed by atoms with Crippen molar-refractivity contribution in [1.29, 1.82) is 0 Å². The highest BCUT2D eigenvalue weighted by molar-refractivity contribution is 6.30. The summed E-state index contributed by atoms with van der Waals surface area (Å²) in [5.74, 6) is -1.82. The number of benzene rings is 2. The van der Waals surface area contributed by atoms with Gasteiger partial charge in [0.1, 0.15) is 0 Å². The number of alkyl halides is 3. The molecule has 0 radical (unpaired) electrons. The van der Waals surface area contributed by atoms with Gasteiger partial charge in [0.25, 0.3) is 0 Å². The Labute approximate surface area is 224 Å². The maximum Gasteiger partial charge on any atom is 0.416 e. The van der Waals surface area contributed by atoms with Crippen LogP contribution < -0.4 is 22.5 Å². The Morgan fingerprint density at radius 3 is 2.21 bits per heavy atom. The number of amides is 2. The smallest absolute Gasteiger partial charge is 0.345 e. The van der Waals surface area contributed by atoms with Crippen molar-refractivity contribution in [3.8, 4) is 0 Å². The van der Waals surface area contributed by atoms with E-state index in [1.54, 1.807) is 0 Å². The fourth-order valence-electron chi connectivity index (χ4n) is 3.91. The van der Waals surface area contributed by atoms with Crippen molar-refractivity contribution in [3.05, 3.63) is 70.2 Å². The number of rotatable bonds is 14. The number of nitrogens with one attached hydrogen (secondary N) is 1. The number of nitrogens with two attached hydrogens (primary N) is 3. The third kappa shape index (κ3) is 9.71. The van der Waals surface area contributed by atoms with Gasteiger partial charge in [-0.25, -0.2) is 0 Å². The molecule has 7 N–H and O–H groups in total. The number of halogens is 4. The van der Waals surface area contributed by atoms with Gasteiger partial charge in [-0.15, -0.1) is 0 Å². The Morgan fingerprint density at radius 2 is 1.63 bits per heavy atom. The van der Waals surface area contributed by atoms with Gasteiger partial charge < -0.3 is 27.4 Å². The average Bonchev–Trinajstić information content (AvgIpc) is 2.87. The SMILES string of the molecule is NCCN(CCN)C(=O)C[C@H](N)C(=O)N[C@@H](CCc1ccccc1)C(=O)Cc1ccc(Cl)cc1C(F)(F)F. The first-order valence-electron chi connectivity index (χ1n) is 12.1. The Hall–Kier alpha value is -2.99. The number of carbonyl (C=O) groups is 3. The van der Waals surface area contributed by atoms with Crippen molar-refractivity contribution in [2.24, 2.45) is 17.2 Å². The highest BCUT2D eigenvalue weighted by Crippen LogP contribution is 2.34. The van der Waals surface area contributed by atoms with E-state index in [0.29, 0.717) is 6.42 Å². The lowest BCUT2D eigenvalue weighted by molar-refractivity contribution is -0.138. The minimum atomic E-state index is -4.72. The van der Waals surface area contributed by atoms with Crippen molar-refractivity contribution in [2.75, 3.05) is 26.2 Å². The van der Waals surface area contributed by atoms with Crippen LogP contribution in [0.1, 0.15) is 29.5 Å². The molecule has 0 spiro atoms. The molecule has 2 amide bonds. The van der Waals surface area contributed by atoms with Crippen LogP contribution in [-0.4, -0.2) is 60.8 Å². The van der Waals surface area contributed by atoms with Crippen LogP contribution in [0.15, 0.2) is 48.5 Å². The quantitative estimate of drug-likeness (QED) is 0.281. The van der Waals surface area contributed by atoms with Gasteiger partial charge in [-0.2, -0.15) is 13.2 Å². The van der Waals surface area contributed by atoms with Crippen molar-refractivity contribution in [1.82, 2.24) is 10.2 Å². The van der Waals surface area contributed by atoms with Gasteiger partial charge in [0, 0.05) is 37.6 Å². The molecule has 208 valence electrons. The number of hydrogen-bond acceptors (Lipinski definition) is 6. The molecule has 2 atom stereocenters. The average molecular weight is 556 g/mol. The van der Waals surface area contributed by atoms with Gasteiger partial charge in [0.05, 0.1) is 24.1 Å². The first-order valence-corrected chi connectivity index (χ1v) is 12.5. The second kappa shape index (κ2) is 14.8. The molecular weight excluding hydrogens is 523 g/mol. The van der Waals surface area contributed by atoms with Crippen LogP contribution in [0.25, 0.3) is 0 Å². The molecule has 0 aromatic heterocycles. The molecule has 8 nitrogen and oxygen atoms in total. The Kier molecular flexibility index (Phi) is 12.2. The second-order valence-corrected chi connectivity index (χ2v) is 9.23. The molecule has 0 aliphatic rings. The monoisotopic (exact) mass is 555 g/mol. The summed E-state index contributed by atoms with van der Waals surface area (Å²) in [4.78, 5) is 40.0. The van der Waals surface area contributed by atoms with Gasteiger partial charge in [0.15, 0.2) is 5.78 Å². The predicted octanol–water partition coefficient (Wildman–Crippen LogP) is 2.05. The second-order valence-electron chi connectivity index (χ2n) is 8.80. The molecule has 0 fully saturated rings. The molecule has 0 aliphatic carbocycles. The highest BCUT2D eigenvalue weighted by atomic mass is 35.5. The van der Waals surface area contributed by atoms with Gasteiger partial charge in [-0.05, 0) is 36.1 Å². The van der Waals surface area contributed by atoms with E-state index in [4.69, 9.17) is 28.8 Å². The maximum atomic E-state index is 13.6. The van der Waals surface area contributed by atoms with Crippen molar-refractivity contribution >= 4 is 29.2 Å². The maximum absolute atomic E-state index is 13.6. The fourth-order valence-corrected chi connectivity index (χ4v) is 4.08. The van der Waals surface area contributed by atoms with Gasteiger partial charge in [-0.3, -0.25) is 14.4 Å². The Morgan fingerprint density at radius 1 is 1.00 bits per heavy atom. The van der Waals surface area contributed by atoms with E-state index in [2.05, 4.69) is 5.32 Å². The number of hydrogen-bond donors (Lipinski definition) is 4. The summed E-state index contributed by atoms with van der Waals surface area (Å²) in [5, 5.41) is 2.43. The zero-order valence-electron chi connectivity index (χ0n) is 20.8. The molecule has 0 saturated heterocycles. The molecule has 0 unspecified atom stereocenters. The summed E-state index contributed by atoms with van der Waals surface area (Å²) in [5.41, 5.74) is 16.6. The van der Waals surface area contributed by atoms with E-state index in [0.717, 1.165) is 17.7 Å². The number of carbonyl (C=O) groups excluding carboxylic acids is 3. The van der Waals surface area contributed by atoms with Crippen LogP contribution in [-0.2, 0) is 33.4 Å². The van der Waals surface area contributed by atoms with Crippen LogP contribution in [0.3, 0.4) is 0 Å². The Balaban J connectivity index is 2.20. The summed E-state index contributed by atoms with van der Waals surface area (Å²) >= 11 is 5.75. The lowest BCUT2D eigenvalue weighted by atomic mass is 9.95. The van der Waals surface area contributed by atoms with Crippen molar-refractivity contribution in [2.45, 2.75) is 43.9 Å². The zero-order chi connectivity index (χ0) is 28.3.